The lowest BCUT2D eigenvalue weighted by atomic mass is 10.0. The Morgan fingerprint density at radius 2 is 1.96 bits per heavy atom. The van der Waals surface area contributed by atoms with Crippen molar-refractivity contribution in [2.45, 2.75) is 25.3 Å². The number of anilines is 1. The lowest BCUT2D eigenvalue weighted by Crippen LogP contribution is -2.49. The van der Waals surface area contributed by atoms with E-state index in [9.17, 15) is 13.2 Å². The van der Waals surface area contributed by atoms with Crippen LogP contribution in [0.3, 0.4) is 0 Å². The number of rotatable bonds is 3. The maximum absolute atomic E-state index is 12.5. The van der Waals surface area contributed by atoms with Crippen molar-refractivity contribution >= 4 is 21.6 Å². The van der Waals surface area contributed by atoms with E-state index in [1.165, 1.54) is 4.31 Å². The number of carbonyl (C=O) groups excluding carboxylic acids is 1. The molecule has 23 heavy (non-hydrogen) atoms. The Kier molecular flexibility index (Phi) is 4.45. The van der Waals surface area contributed by atoms with Gasteiger partial charge < -0.3 is 14.8 Å². The molecule has 0 bridgehead atoms. The minimum atomic E-state index is -3.40. The fourth-order valence-electron chi connectivity index (χ4n) is 2.91. The Morgan fingerprint density at radius 1 is 1.22 bits per heavy atom. The smallest absolute Gasteiger partial charge is 0.242 e. The highest BCUT2D eigenvalue weighted by atomic mass is 32.2. The molecule has 1 aromatic carbocycles. The van der Waals surface area contributed by atoms with Crippen LogP contribution in [0.4, 0.5) is 5.69 Å². The predicted molar refractivity (Wildman–Crippen MR) is 85.3 cm³/mol. The summed E-state index contributed by atoms with van der Waals surface area (Å²) in [6, 6.07) is 4.49. The van der Waals surface area contributed by atoms with Crippen molar-refractivity contribution in [3.63, 3.8) is 0 Å². The van der Waals surface area contributed by atoms with Crippen LogP contribution in [0.5, 0.6) is 11.5 Å². The molecule has 1 atom stereocenters. The van der Waals surface area contributed by atoms with Crippen LogP contribution in [0.15, 0.2) is 18.2 Å². The largest absolute Gasteiger partial charge is 0.486 e. The lowest BCUT2D eigenvalue weighted by Gasteiger charge is -2.32. The van der Waals surface area contributed by atoms with Crippen molar-refractivity contribution in [3.05, 3.63) is 18.2 Å². The van der Waals surface area contributed by atoms with E-state index in [4.69, 9.17) is 9.47 Å². The summed E-state index contributed by atoms with van der Waals surface area (Å²) in [5.41, 5.74) is 0.568. The molecule has 0 aromatic heterocycles. The highest BCUT2D eigenvalue weighted by Crippen LogP contribution is 2.33. The molecule has 1 amide bonds. The first-order valence-electron chi connectivity index (χ1n) is 7.62. The van der Waals surface area contributed by atoms with Crippen LogP contribution in [-0.2, 0) is 14.8 Å². The number of fused-ring (bicyclic) bond motifs is 1. The molecule has 3 rings (SSSR count). The van der Waals surface area contributed by atoms with Gasteiger partial charge in [-0.2, -0.15) is 4.31 Å². The molecule has 2 aliphatic heterocycles. The Morgan fingerprint density at radius 3 is 2.70 bits per heavy atom. The molecule has 0 aliphatic carbocycles. The average molecular weight is 340 g/mol. The summed E-state index contributed by atoms with van der Waals surface area (Å²) in [6.45, 7) is 1.36. The summed E-state index contributed by atoms with van der Waals surface area (Å²) in [4.78, 5) is 12.5. The van der Waals surface area contributed by atoms with Crippen LogP contribution in [-0.4, -0.2) is 50.7 Å². The molecular formula is C15H20N2O5S. The molecule has 0 spiro atoms. The Labute approximate surface area is 135 Å². The fraction of sp³-hybridized carbons (Fsp3) is 0.533. The van der Waals surface area contributed by atoms with E-state index in [-0.39, 0.29) is 5.91 Å². The van der Waals surface area contributed by atoms with Gasteiger partial charge in [0.25, 0.3) is 0 Å². The van der Waals surface area contributed by atoms with Gasteiger partial charge in [-0.3, -0.25) is 4.79 Å². The Balaban J connectivity index is 1.75. The van der Waals surface area contributed by atoms with Crippen molar-refractivity contribution in [2.75, 3.05) is 31.3 Å². The van der Waals surface area contributed by atoms with E-state index >= 15 is 0 Å². The van der Waals surface area contributed by atoms with Crippen molar-refractivity contribution in [1.82, 2.24) is 4.31 Å². The normalized spacial score (nSPS) is 21.7. The number of hydrogen-bond donors (Lipinski definition) is 1. The summed E-state index contributed by atoms with van der Waals surface area (Å²) < 4.78 is 35.9. The number of piperidine rings is 1. The van der Waals surface area contributed by atoms with Crippen LogP contribution in [0, 0.1) is 0 Å². The van der Waals surface area contributed by atoms with E-state index in [0.717, 1.165) is 19.1 Å². The maximum atomic E-state index is 12.5. The predicted octanol–water partition coefficient (Wildman–Crippen LogP) is 1.21. The number of amides is 1. The van der Waals surface area contributed by atoms with Gasteiger partial charge in [0, 0.05) is 18.3 Å². The standard InChI is InChI=1S/C15H20N2O5S/c1-23(19,20)17-7-3-2-4-12(17)15(18)16-11-5-6-13-14(10-11)22-9-8-21-13/h5-6,10,12H,2-4,7-9H2,1H3,(H,16,18). The molecule has 2 heterocycles. The molecule has 1 fully saturated rings. The molecular weight excluding hydrogens is 320 g/mol. The Bertz CT molecular complexity index is 704. The number of hydrogen-bond acceptors (Lipinski definition) is 5. The second-order valence-electron chi connectivity index (χ2n) is 5.73. The molecule has 2 aliphatic rings. The zero-order valence-corrected chi connectivity index (χ0v) is 13.8. The van der Waals surface area contributed by atoms with Crippen LogP contribution in [0.1, 0.15) is 19.3 Å². The van der Waals surface area contributed by atoms with Crippen molar-refractivity contribution in [1.29, 1.82) is 0 Å². The molecule has 1 unspecified atom stereocenters. The number of ether oxygens (including phenoxy) is 2. The minimum absolute atomic E-state index is 0.313. The van der Waals surface area contributed by atoms with Gasteiger partial charge in [0.15, 0.2) is 11.5 Å². The highest BCUT2D eigenvalue weighted by molar-refractivity contribution is 7.88. The van der Waals surface area contributed by atoms with Gasteiger partial charge in [0.2, 0.25) is 15.9 Å². The van der Waals surface area contributed by atoms with Gasteiger partial charge in [-0.1, -0.05) is 6.42 Å². The third-order valence-electron chi connectivity index (χ3n) is 3.99. The van der Waals surface area contributed by atoms with E-state index in [2.05, 4.69) is 5.32 Å². The molecule has 126 valence electrons. The highest BCUT2D eigenvalue weighted by Gasteiger charge is 2.34. The van der Waals surface area contributed by atoms with E-state index in [0.29, 0.717) is 43.4 Å². The first-order chi connectivity index (χ1) is 10.9. The zero-order valence-electron chi connectivity index (χ0n) is 12.9. The number of nitrogens with one attached hydrogen (secondary N) is 1. The van der Waals surface area contributed by atoms with Crippen molar-refractivity contribution < 1.29 is 22.7 Å². The van der Waals surface area contributed by atoms with Gasteiger partial charge in [-0.05, 0) is 25.0 Å². The zero-order chi connectivity index (χ0) is 16.4. The SMILES string of the molecule is CS(=O)(=O)N1CCCCC1C(=O)Nc1ccc2c(c1)OCCO2. The minimum Gasteiger partial charge on any atom is -0.486 e. The molecule has 1 saturated heterocycles. The number of benzene rings is 1. The van der Waals surface area contributed by atoms with Gasteiger partial charge >= 0.3 is 0 Å². The number of sulfonamides is 1. The monoisotopic (exact) mass is 340 g/mol. The molecule has 1 aromatic rings. The molecule has 8 heteroatoms. The summed E-state index contributed by atoms with van der Waals surface area (Å²) in [7, 11) is -3.40. The molecule has 1 N–H and O–H groups in total. The van der Waals surface area contributed by atoms with Gasteiger partial charge in [0.05, 0.1) is 6.26 Å². The van der Waals surface area contributed by atoms with Crippen molar-refractivity contribution in [2.24, 2.45) is 0 Å². The molecule has 0 saturated carbocycles. The summed E-state index contributed by atoms with van der Waals surface area (Å²) in [5.74, 6) is 0.911. The second kappa shape index (κ2) is 6.37. The first kappa shape index (κ1) is 16.1. The summed E-state index contributed by atoms with van der Waals surface area (Å²) in [6.07, 6.45) is 3.29. The van der Waals surface area contributed by atoms with E-state index in [1.54, 1.807) is 18.2 Å². The molecule has 0 radical (unpaired) electrons. The van der Waals surface area contributed by atoms with Gasteiger partial charge in [0.1, 0.15) is 19.3 Å². The maximum Gasteiger partial charge on any atom is 0.242 e. The Hall–Kier alpha value is -1.80. The number of nitrogens with zero attached hydrogens (tertiary/aromatic N) is 1. The first-order valence-corrected chi connectivity index (χ1v) is 9.47. The quantitative estimate of drug-likeness (QED) is 0.894. The van der Waals surface area contributed by atoms with E-state index in [1.807, 2.05) is 0 Å². The van der Waals surface area contributed by atoms with Gasteiger partial charge in [-0.15, -0.1) is 0 Å². The van der Waals surface area contributed by atoms with Crippen LogP contribution < -0.4 is 14.8 Å². The number of carbonyl (C=O) groups is 1. The summed E-state index contributed by atoms with van der Waals surface area (Å²) >= 11 is 0. The molecule has 7 nitrogen and oxygen atoms in total. The van der Waals surface area contributed by atoms with Gasteiger partial charge in [-0.25, -0.2) is 8.42 Å². The van der Waals surface area contributed by atoms with Crippen LogP contribution in [0.25, 0.3) is 0 Å². The average Bonchev–Trinajstić information content (AvgIpc) is 2.54. The third kappa shape index (κ3) is 3.59. The topological polar surface area (TPSA) is 84.9 Å². The second-order valence-corrected chi connectivity index (χ2v) is 7.67. The fourth-order valence-corrected chi connectivity index (χ4v) is 4.03. The van der Waals surface area contributed by atoms with Crippen LogP contribution >= 0.6 is 0 Å². The third-order valence-corrected chi connectivity index (χ3v) is 5.28. The lowest BCUT2D eigenvalue weighted by molar-refractivity contribution is -0.120. The van der Waals surface area contributed by atoms with Crippen molar-refractivity contribution in [3.8, 4) is 11.5 Å². The van der Waals surface area contributed by atoms with E-state index < -0.39 is 16.1 Å². The summed E-state index contributed by atoms with van der Waals surface area (Å²) in [5, 5.41) is 2.78. The van der Waals surface area contributed by atoms with Crippen LogP contribution in [0.2, 0.25) is 0 Å².